The highest BCUT2D eigenvalue weighted by molar-refractivity contribution is 6.29. The SMILES string of the molecule is CCOc1c(C)ccc2c(=O)c3ccc(Cl)nc3n(CC=O)c12. The molecular formula is C17H15ClN2O3. The van der Waals surface area contributed by atoms with Crippen LogP contribution in [0.4, 0.5) is 0 Å². The van der Waals surface area contributed by atoms with E-state index in [2.05, 4.69) is 4.98 Å². The maximum absolute atomic E-state index is 12.8. The zero-order valence-corrected chi connectivity index (χ0v) is 13.6. The van der Waals surface area contributed by atoms with Crippen LogP contribution in [0.25, 0.3) is 21.9 Å². The molecule has 0 amide bonds. The lowest BCUT2D eigenvalue weighted by molar-refractivity contribution is -0.108. The largest absolute Gasteiger partial charge is 0.491 e. The number of rotatable bonds is 4. The second-order valence-electron chi connectivity index (χ2n) is 5.15. The number of aromatic nitrogens is 2. The molecule has 6 heteroatoms. The summed E-state index contributed by atoms with van der Waals surface area (Å²) in [6.07, 6.45) is 0.768. The van der Waals surface area contributed by atoms with E-state index in [1.807, 2.05) is 19.9 Å². The van der Waals surface area contributed by atoms with E-state index < -0.39 is 0 Å². The third-order valence-corrected chi connectivity index (χ3v) is 3.94. The zero-order chi connectivity index (χ0) is 16.6. The normalized spacial score (nSPS) is 11.1. The third-order valence-electron chi connectivity index (χ3n) is 3.73. The van der Waals surface area contributed by atoms with Crippen molar-refractivity contribution in [2.45, 2.75) is 20.4 Å². The minimum atomic E-state index is -0.151. The molecule has 0 saturated carbocycles. The molecule has 3 aromatic rings. The lowest BCUT2D eigenvalue weighted by Crippen LogP contribution is -2.15. The standard InChI is InChI=1S/C17H15ClN2O3/c1-3-23-16-10(2)4-5-11-14(16)20(8-9-21)17-12(15(11)22)6-7-13(18)19-17/h4-7,9H,3,8H2,1-2H3. The van der Waals surface area contributed by atoms with Crippen molar-refractivity contribution in [2.75, 3.05) is 6.61 Å². The van der Waals surface area contributed by atoms with Gasteiger partial charge in [-0.05, 0) is 37.6 Å². The number of hydrogen-bond acceptors (Lipinski definition) is 4. The molecule has 0 aliphatic carbocycles. The molecule has 0 N–H and O–H groups in total. The summed E-state index contributed by atoms with van der Waals surface area (Å²) < 4.78 is 7.42. The highest BCUT2D eigenvalue weighted by Crippen LogP contribution is 2.30. The predicted octanol–water partition coefficient (Wildman–Crippen LogP) is 3.11. The Labute approximate surface area is 137 Å². The molecule has 3 rings (SSSR count). The first-order chi connectivity index (χ1) is 11.1. The Balaban J connectivity index is 2.61. The van der Waals surface area contributed by atoms with Crippen LogP contribution in [-0.2, 0) is 11.3 Å². The number of pyridine rings is 2. The monoisotopic (exact) mass is 330 g/mol. The van der Waals surface area contributed by atoms with Crippen LogP contribution in [0, 0.1) is 6.92 Å². The number of aryl methyl sites for hydroxylation is 1. The van der Waals surface area contributed by atoms with Gasteiger partial charge in [0.1, 0.15) is 22.8 Å². The number of carbonyl (C=O) groups excluding carboxylic acids is 1. The van der Waals surface area contributed by atoms with Crippen LogP contribution in [0.3, 0.4) is 0 Å². The molecule has 2 heterocycles. The van der Waals surface area contributed by atoms with E-state index in [0.29, 0.717) is 34.3 Å². The number of hydrogen-bond donors (Lipinski definition) is 0. The Hall–Kier alpha value is -2.40. The van der Waals surface area contributed by atoms with Gasteiger partial charge in [-0.1, -0.05) is 17.7 Å². The fourth-order valence-corrected chi connectivity index (χ4v) is 2.90. The van der Waals surface area contributed by atoms with Crippen LogP contribution >= 0.6 is 11.6 Å². The van der Waals surface area contributed by atoms with Gasteiger partial charge in [-0.15, -0.1) is 0 Å². The van der Waals surface area contributed by atoms with Crippen molar-refractivity contribution in [1.82, 2.24) is 9.55 Å². The van der Waals surface area contributed by atoms with Crippen molar-refractivity contribution in [3.8, 4) is 5.75 Å². The van der Waals surface area contributed by atoms with Crippen molar-refractivity contribution >= 4 is 39.8 Å². The van der Waals surface area contributed by atoms with Crippen molar-refractivity contribution in [3.05, 3.63) is 45.2 Å². The molecule has 0 aliphatic rings. The molecule has 2 aromatic heterocycles. The Bertz CT molecular complexity index is 979. The lowest BCUT2D eigenvalue weighted by Gasteiger charge is -2.17. The van der Waals surface area contributed by atoms with Crippen LogP contribution in [0.15, 0.2) is 29.1 Å². The van der Waals surface area contributed by atoms with Gasteiger partial charge in [-0.3, -0.25) is 4.79 Å². The second-order valence-corrected chi connectivity index (χ2v) is 5.54. The summed E-state index contributed by atoms with van der Waals surface area (Å²) in [5, 5.41) is 1.19. The molecule has 0 aliphatic heterocycles. The van der Waals surface area contributed by atoms with Gasteiger partial charge >= 0.3 is 0 Å². The number of ether oxygens (including phenoxy) is 1. The van der Waals surface area contributed by atoms with Crippen LogP contribution < -0.4 is 10.2 Å². The summed E-state index contributed by atoms with van der Waals surface area (Å²) in [5.41, 5.74) is 1.70. The van der Waals surface area contributed by atoms with E-state index in [-0.39, 0.29) is 17.1 Å². The smallest absolute Gasteiger partial charge is 0.198 e. The molecule has 0 bridgehead atoms. The number of benzene rings is 1. The summed E-state index contributed by atoms with van der Waals surface area (Å²) in [6.45, 7) is 4.28. The van der Waals surface area contributed by atoms with Crippen LogP contribution in [0.5, 0.6) is 5.75 Å². The number of carbonyl (C=O) groups is 1. The summed E-state index contributed by atoms with van der Waals surface area (Å²) in [4.78, 5) is 28.2. The fraction of sp³-hybridized carbons (Fsp3) is 0.235. The molecule has 0 saturated heterocycles. The average Bonchev–Trinajstić information content (AvgIpc) is 2.53. The van der Waals surface area contributed by atoms with Gasteiger partial charge < -0.3 is 14.1 Å². The van der Waals surface area contributed by atoms with Gasteiger partial charge in [0.05, 0.1) is 29.4 Å². The summed E-state index contributed by atoms with van der Waals surface area (Å²) in [7, 11) is 0. The van der Waals surface area contributed by atoms with Crippen molar-refractivity contribution in [1.29, 1.82) is 0 Å². The first-order valence-electron chi connectivity index (χ1n) is 7.27. The second kappa shape index (κ2) is 6.01. The molecule has 0 unspecified atom stereocenters. The van der Waals surface area contributed by atoms with Gasteiger partial charge in [0, 0.05) is 0 Å². The summed E-state index contributed by atoms with van der Waals surface area (Å²) in [5.74, 6) is 0.590. The maximum Gasteiger partial charge on any atom is 0.198 e. The fourth-order valence-electron chi connectivity index (χ4n) is 2.76. The maximum atomic E-state index is 12.8. The van der Waals surface area contributed by atoms with E-state index >= 15 is 0 Å². The zero-order valence-electron chi connectivity index (χ0n) is 12.8. The predicted molar refractivity (Wildman–Crippen MR) is 90.5 cm³/mol. The first kappa shape index (κ1) is 15.5. The Morgan fingerprint density at radius 1 is 1.26 bits per heavy atom. The molecule has 0 radical (unpaired) electrons. The molecule has 0 atom stereocenters. The van der Waals surface area contributed by atoms with E-state index in [1.165, 1.54) is 0 Å². The van der Waals surface area contributed by atoms with Gasteiger partial charge in [-0.2, -0.15) is 0 Å². The molecule has 5 nitrogen and oxygen atoms in total. The Kier molecular flexibility index (Phi) is 4.05. The number of nitrogens with zero attached hydrogens (tertiary/aromatic N) is 2. The Morgan fingerprint density at radius 2 is 2.00 bits per heavy atom. The van der Waals surface area contributed by atoms with Gasteiger partial charge in [0.2, 0.25) is 0 Å². The topological polar surface area (TPSA) is 61.2 Å². The molecular weight excluding hydrogens is 316 g/mol. The minimum Gasteiger partial charge on any atom is -0.491 e. The van der Waals surface area contributed by atoms with Gasteiger partial charge in [0.25, 0.3) is 0 Å². The highest BCUT2D eigenvalue weighted by atomic mass is 35.5. The molecule has 0 spiro atoms. The van der Waals surface area contributed by atoms with Gasteiger partial charge in [-0.25, -0.2) is 4.98 Å². The van der Waals surface area contributed by atoms with E-state index in [9.17, 15) is 9.59 Å². The summed E-state index contributed by atoms with van der Waals surface area (Å²) >= 11 is 5.98. The third kappa shape index (κ3) is 2.47. The Morgan fingerprint density at radius 3 is 2.70 bits per heavy atom. The van der Waals surface area contributed by atoms with E-state index in [4.69, 9.17) is 16.3 Å². The van der Waals surface area contributed by atoms with Crippen molar-refractivity contribution in [2.24, 2.45) is 0 Å². The van der Waals surface area contributed by atoms with Crippen LogP contribution in [0.2, 0.25) is 5.15 Å². The molecule has 118 valence electrons. The number of fused-ring (bicyclic) bond motifs is 2. The quantitative estimate of drug-likeness (QED) is 0.419. The van der Waals surface area contributed by atoms with Crippen molar-refractivity contribution < 1.29 is 9.53 Å². The average molecular weight is 331 g/mol. The molecule has 0 fully saturated rings. The number of halogens is 1. The molecule has 23 heavy (non-hydrogen) atoms. The number of aldehydes is 1. The van der Waals surface area contributed by atoms with Crippen molar-refractivity contribution in [3.63, 3.8) is 0 Å². The minimum absolute atomic E-state index is 0.0597. The van der Waals surface area contributed by atoms with Gasteiger partial charge in [0.15, 0.2) is 5.43 Å². The molecule has 1 aromatic carbocycles. The summed E-state index contributed by atoms with van der Waals surface area (Å²) in [6, 6.07) is 6.80. The van der Waals surface area contributed by atoms with Crippen LogP contribution in [-0.4, -0.2) is 22.4 Å². The lowest BCUT2D eigenvalue weighted by atomic mass is 10.1. The first-order valence-corrected chi connectivity index (χ1v) is 7.65. The van der Waals surface area contributed by atoms with E-state index in [0.717, 1.165) is 11.8 Å². The highest BCUT2D eigenvalue weighted by Gasteiger charge is 2.17. The van der Waals surface area contributed by atoms with E-state index in [1.54, 1.807) is 22.8 Å². The van der Waals surface area contributed by atoms with Crippen LogP contribution in [0.1, 0.15) is 12.5 Å².